The highest BCUT2D eigenvalue weighted by Crippen LogP contribution is 2.19. The lowest BCUT2D eigenvalue weighted by atomic mass is 10.1. The second-order valence-electron chi connectivity index (χ2n) is 6.18. The summed E-state index contributed by atoms with van der Waals surface area (Å²) in [7, 11) is 0. The number of hydrogen-bond acceptors (Lipinski definition) is 4. The highest BCUT2D eigenvalue weighted by molar-refractivity contribution is 5.73. The zero-order chi connectivity index (χ0) is 19.0. The largest absolute Gasteiger partial charge is 0.265 e. The monoisotopic (exact) mass is 362 g/mol. The molecule has 4 rings (SSSR count). The Morgan fingerprint density at radius 2 is 0.786 bits per heavy atom. The normalized spacial score (nSPS) is 11.3. The quantitative estimate of drug-likeness (QED) is 0.485. The lowest BCUT2D eigenvalue weighted by Gasteiger charge is -2.03. The molecule has 4 aromatic rings. The summed E-state index contributed by atoms with van der Waals surface area (Å²) in [6.07, 6.45) is 19.0. The lowest BCUT2D eigenvalue weighted by molar-refractivity contribution is 1.24. The molecule has 134 valence electrons. The van der Waals surface area contributed by atoms with Crippen LogP contribution in [0.5, 0.6) is 0 Å². The molecule has 4 aromatic heterocycles. The van der Waals surface area contributed by atoms with E-state index < -0.39 is 0 Å². The first kappa shape index (κ1) is 17.5. The van der Waals surface area contributed by atoms with Crippen LogP contribution >= 0.6 is 0 Å². The van der Waals surface area contributed by atoms with Crippen LogP contribution in [0.15, 0.2) is 85.7 Å². The van der Waals surface area contributed by atoms with Gasteiger partial charge in [-0.2, -0.15) is 0 Å². The molecule has 28 heavy (non-hydrogen) atoms. The van der Waals surface area contributed by atoms with Gasteiger partial charge in [0.05, 0.1) is 11.4 Å². The van der Waals surface area contributed by atoms with Crippen LogP contribution in [0.2, 0.25) is 0 Å². The van der Waals surface area contributed by atoms with Gasteiger partial charge in [0.25, 0.3) is 0 Å². The molecule has 0 bridgehead atoms. The van der Waals surface area contributed by atoms with Crippen LogP contribution in [0, 0.1) is 0 Å². The van der Waals surface area contributed by atoms with Crippen molar-refractivity contribution < 1.29 is 0 Å². The lowest BCUT2D eigenvalue weighted by Crippen LogP contribution is -1.88. The molecule has 0 saturated heterocycles. The van der Waals surface area contributed by atoms with Gasteiger partial charge < -0.3 is 0 Å². The predicted molar refractivity (Wildman–Crippen MR) is 114 cm³/mol. The molecule has 4 heteroatoms. The Kier molecular flexibility index (Phi) is 5.40. The Hall–Kier alpha value is -3.92. The van der Waals surface area contributed by atoms with Crippen molar-refractivity contribution in [3.8, 4) is 11.4 Å². The highest BCUT2D eigenvalue weighted by atomic mass is 14.8. The summed E-state index contributed by atoms with van der Waals surface area (Å²) < 4.78 is 0. The predicted octanol–water partition coefficient (Wildman–Crippen LogP) is 5.27. The molecule has 0 aromatic carbocycles. The van der Waals surface area contributed by atoms with E-state index in [1.807, 2.05) is 60.9 Å². The average Bonchev–Trinajstić information content (AvgIpc) is 2.78. The number of rotatable bonds is 5. The van der Waals surface area contributed by atoms with E-state index >= 15 is 0 Å². The van der Waals surface area contributed by atoms with Crippen LogP contribution in [0.4, 0.5) is 0 Å². The molecule has 0 atom stereocenters. The first-order chi connectivity index (χ1) is 13.9. The van der Waals surface area contributed by atoms with Crippen molar-refractivity contribution >= 4 is 24.3 Å². The summed E-state index contributed by atoms with van der Waals surface area (Å²) in [5.41, 5.74) is 6.04. The zero-order valence-electron chi connectivity index (χ0n) is 15.2. The number of pyridine rings is 4. The second-order valence-corrected chi connectivity index (χ2v) is 6.18. The van der Waals surface area contributed by atoms with E-state index in [4.69, 9.17) is 0 Å². The summed E-state index contributed by atoms with van der Waals surface area (Å²) in [4.78, 5) is 17.0. The van der Waals surface area contributed by atoms with Gasteiger partial charge in [0.1, 0.15) is 0 Å². The third-order valence-electron chi connectivity index (χ3n) is 4.18. The SMILES string of the molecule is C(=Cc1ccnc(-c2cc(/C=C/c3ccncc3)ccn2)c1)c1ccncc1. The number of aromatic nitrogens is 4. The van der Waals surface area contributed by atoms with Gasteiger partial charge in [-0.1, -0.05) is 24.3 Å². The molecule has 0 N–H and O–H groups in total. The molecule has 4 nitrogen and oxygen atoms in total. The van der Waals surface area contributed by atoms with Gasteiger partial charge in [0, 0.05) is 37.2 Å². The first-order valence-corrected chi connectivity index (χ1v) is 8.95. The maximum absolute atomic E-state index is 4.49. The molecule has 4 heterocycles. The van der Waals surface area contributed by atoms with Crippen LogP contribution in [-0.4, -0.2) is 19.9 Å². The first-order valence-electron chi connectivity index (χ1n) is 8.95. The van der Waals surface area contributed by atoms with E-state index in [1.54, 1.807) is 24.8 Å². The Bertz CT molecular complexity index is 1010. The molecule has 0 fully saturated rings. The standard InChI is InChI=1S/C24H18N4/c1(19-5-11-25-12-6-19)3-21-9-15-27-23(17-21)24-18-22(10-16-28-24)4-2-20-7-13-26-14-8-20/h1-18H/b3-1+,4-2?. The molecule has 0 amide bonds. The minimum atomic E-state index is 0.844. The van der Waals surface area contributed by atoms with Gasteiger partial charge in [-0.3, -0.25) is 19.9 Å². The number of hydrogen-bond donors (Lipinski definition) is 0. The fraction of sp³-hybridized carbons (Fsp3) is 0. The van der Waals surface area contributed by atoms with Crippen LogP contribution in [0.25, 0.3) is 35.7 Å². The van der Waals surface area contributed by atoms with E-state index in [-0.39, 0.29) is 0 Å². The van der Waals surface area contributed by atoms with Gasteiger partial charge in [0.2, 0.25) is 0 Å². The summed E-state index contributed by atoms with van der Waals surface area (Å²) in [5.74, 6) is 0. The van der Waals surface area contributed by atoms with Crippen molar-refractivity contribution in [2.24, 2.45) is 0 Å². The van der Waals surface area contributed by atoms with Gasteiger partial charge in [-0.15, -0.1) is 0 Å². The third kappa shape index (κ3) is 4.62. The van der Waals surface area contributed by atoms with Crippen molar-refractivity contribution in [3.63, 3.8) is 0 Å². The summed E-state index contributed by atoms with van der Waals surface area (Å²) in [6, 6.07) is 15.9. The molecular formula is C24H18N4. The van der Waals surface area contributed by atoms with Gasteiger partial charge in [-0.05, 0) is 70.8 Å². The summed E-state index contributed by atoms with van der Waals surface area (Å²) in [5, 5.41) is 0. The number of nitrogens with zero attached hydrogens (tertiary/aromatic N) is 4. The van der Waals surface area contributed by atoms with Crippen LogP contribution < -0.4 is 0 Å². The highest BCUT2D eigenvalue weighted by Gasteiger charge is 2.02. The summed E-state index contributed by atoms with van der Waals surface area (Å²) >= 11 is 0. The van der Waals surface area contributed by atoms with Crippen molar-refractivity contribution in [1.29, 1.82) is 0 Å². The van der Waals surface area contributed by atoms with E-state index in [1.165, 1.54) is 0 Å². The maximum Gasteiger partial charge on any atom is 0.0892 e. The van der Waals surface area contributed by atoms with E-state index in [0.717, 1.165) is 33.6 Å². The third-order valence-corrected chi connectivity index (χ3v) is 4.18. The van der Waals surface area contributed by atoms with E-state index in [2.05, 4.69) is 44.2 Å². The van der Waals surface area contributed by atoms with E-state index in [0.29, 0.717) is 0 Å². The molecule has 0 unspecified atom stereocenters. The minimum absolute atomic E-state index is 0.844. The Balaban J connectivity index is 1.56. The smallest absolute Gasteiger partial charge is 0.0892 e. The fourth-order valence-electron chi connectivity index (χ4n) is 2.72. The maximum atomic E-state index is 4.49. The molecule has 0 radical (unpaired) electrons. The second kappa shape index (κ2) is 8.64. The Labute approximate surface area is 164 Å². The Morgan fingerprint density at radius 3 is 1.21 bits per heavy atom. The van der Waals surface area contributed by atoms with Crippen molar-refractivity contribution in [2.75, 3.05) is 0 Å². The zero-order valence-corrected chi connectivity index (χ0v) is 15.2. The van der Waals surface area contributed by atoms with Crippen LogP contribution in [0.1, 0.15) is 22.3 Å². The van der Waals surface area contributed by atoms with Crippen molar-refractivity contribution in [1.82, 2.24) is 19.9 Å². The molecular weight excluding hydrogens is 344 g/mol. The molecule has 0 spiro atoms. The van der Waals surface area contributed by atoms with Crippen LogP contribution in [-0.2, 0) is 0 Å². The topological polar surface area (TPSA) is 51.6 Å². The van der Waals surface area contributed by atoms with Crippen molar-refractivity contribution in [2.45, 2.75) is 0 Å². The average molecular weight is 362 g/mol. The molecule has 0 aliphatic heterocycles. The summed E-state index contributed by atoms with van der Waals surface area (Å²) in [6.45, 7) is 0. The van der Waals surface area contributed by atoms with Gasteiger partial charge in [-0.25, -0.2) is 0 Å². The van der Waals surface area contributed by atoms with Gasteiger partial charge >= 0.3 is 0 Å². The molecule has 0 aliphatic carbocycles. The van der Waals surface area contributed by atoms with Crippen LogP contribution in [0.3, 0.4) is 0 Å². The van der Waals surface area contributed by atoms with E-state index in [9.17, 15) is 0 Å². The van der Waals surface area contributed by atoms with Gasteiger partial charge in [0.15, 0.2) is 0 Å². The fourth-order valence-corrected chi connectivity index (χ4v) is 2.72. The van der Waals surface area contributed by atoms with Crippen molar-refractivity contribution in [3.05, 3.63) is 108 Å². The molecule has 0 aliphatic rings. The minimum Gasteiger partial charge on any atom is -0.265 e. The molecule has 0 saturated carbocycles. The Morgan fingerprint density at radius 1 is 0.429 bits per heavy atom.